The van der Waals surface area contributed by atoms with Crippen LogP contribution in [0.5, 0.6) is 0 Å². The van der Waals surface area contributed by atoms with Gasteiger partial charge in [-0.15, -0.1) is 24.8 Å². The van der Waals surface area contributed by atoms with Gasteiger partial charge in [-0.2, -0.15) is 0 Å². The number of halogens is 2. The number of carbonyl (C=O) groups is 2. The van der Waals surface area contributed by atoms with Gasteiger partial charge in [-0.05, 0) is 39.8 Å². The van der Waals surface area contributed by atoms with E-state index in [0.29, 0.717) is 18.8 Å². The van der Waals surface area contributed by atoms with Crippen LogP contribution in [0.2, 0.25) is 0 Å². The Morgan fingerprint density at radius 1 is 1.04 bits per heavy atom. The lowest BCUT2D eigenvalue weighted by Gasteiger charge is -2.27. The average molecular weight is 389 g/mol. The van der Waals surface area contributed by atoms with Gasteiger partial charge in [0.15, 0.2) is 0 Å². The minimum atomic E-state index is -0.370. The van der Waals surface area contributed by atoms with Crippen molar-refractivity contribution in [1.82, 2.24) is 20.9 Å². The molecule has 0 aromatic carbocycles. The number of nitrogens with zero attached hydrogens (tertiary/aromatic N) is 1. The molecule has 0 bridgehead atoms. The lowest BCUT2D eigenvalue weighted by molar-refractivity contribution is -0.118. The Morgan fingerprint density at radius 3 is 2.12 bits per heavy atom. The van der Waals surface area contributed by atoms with Crippen LogP contribution in [0.1, 0.15) is 38.2 Å². The van der Waals surface area contributed by atoms with E-state index in [0.717, 1.165) is 5.57 Å². The lowest BCUT2D eigenvalue weighted by atomic mass is 9.96. The highest BCUT2D eigenvalue weighted by Gasteiger charge is 2.39. The van der Waals surface area contributed by atoms with Crippen molar-refractivity contribution in [1.29, 1.82) is 0 Å². The molecule has 1 aliphatic heterocycles. The van der Waals surface area contributed by atoms with Crippen molar-refractivity contribution < 1.29 is 9.59 Å². The van der Waals surface area contributed by atoms with Crippen molar-refractivity contribution in [2.45, 2.75) is 38.8 Å². The highest BCUT2D eigenvalue weighted by Crippen LogP contribution is 2.29. The molecule has 0 spiro atoms. The minimum Gasteiger partial charge on any atom is -0.350 e. The fraction of sp³-hybridized carbons (Fsp3) is 0.471. The van der Waals surface area contributed by atoms with E-state index in [-0.39, 0.29) is 47.7 Å². The second kappa shape index (κ2) is 9.17. The number of pyridine rings is 1. The summed E-state index contributed by atoms with van der Waals surface area (Å²) in [4.78, 5) is 28.1. The first-order valence-corrected chi connectivity index (χ1v) is 7.71. The van der Waals surface area contributed by atoms with Crippen LogP contribution in [0.4, 0.5) is 0 Å². The molecule has 0 saturated heterocycles. The van der Waals surface area contributed by atoms with Crippen molar-refractivity contribution in [2.75, 3.05) is 13.1 Å². The summed E-state index contributed by atoms with van der Waals surface area (Å²) in [5.41, 5.74) is 0.511. The van der Waals surface area contributed by atoms with Gasteiger partial charge in [-0.1, -0.05) is 12.1 Å². The Bertz CT molecular complexity index is 631. The Kier molecular flexibility index (Phi) is 8.58. The standard InChI is InChI=1S/C17H24N4O2.2ClH/c1-16(2)11-12(17(3,4)21-16)14(22)19-9-10-20-15(23)13-7-5-6-8-18-13;;/h5-8,11,21H,9-10H2,1-4H3,(H,19,22)(H,20,23);2*1H. The molecule has 140 valence electrons. The van der Waals surface area contributed by atoms with Crippen LogP contribution in [0.3, 0.4) is 0 Å². The van der Waals surface area contributed by atoms with E-state index in [4.69, 9.17) is 0 Å². The summed E-state index contributed by atoms with van der Waals surface area (Å²) in [6, 6.07) is 5.16. The maximum atomic E-state index is 12.3. The quantitative estimate of drug-likeness (QED) is 0.672. The third-order valence-electron chi connectivity index (χ3n) is 3.65. The predicted octanol–water partition coefficient (Wildman–Crippen LogP) is 1.86. The molecule has 0 atom stereocenters. The summed E-state index contributed by atoms with van der Waals surface area (Å²) >= 11 is 0. The van der Waals surface area contributed by atoms with Crippen LogP contribution < -0.4 is 16.0 Å². The van der Waals surface area contributed by atoms with Crippen molar-refractivity contribution in [3.63, 3.8) is 0 Å². The summed E-state index contributed by atoms with van der Waals surface area (Å²) < 4.78 is 0. The molecule has 8 heteroatoms. The topological polar surface area (TPSA) is 83.1 Å². The highest BCUT2D eigenvalue weighted by atomic mass is 35.5. The van der Waals surface area contributed by atoms with Crippen molar-refractivity contribution >= 4 is 36.6 Å². The third kappa shape index (κ3) is 6.30. The van der Waals surface area contributed by atoms with Crippen molar-refractivity contribution in [3.05, 3.63) is 41.7 Å². The van der Waals surface area contributed by atoms with Crippen LogP contribution in [0, 0.1) is 0 Å². The first-order valence-electron chi connectivity index (χ1n) is 7.71. The predicted molar refractivity (Wildman–Crippen MR) is 103 cm³/mol. The molecule has 0 fully saturated rings. The maximum Gasteiger partial charge on any atom is 0.269 e. The molecule has 2 rings (SSSR count). The first kappa shape index (κ1) is 23.4. The molecule has 0 aliphatic carbocycles. The zero-order chi connectivity index (χ0) is 17.1. The van der Waals surface area contributed by atoms with Gasteiger partial charge < -0.3 is 10.6 Å². The van der Waals surface area contributed by atoms with Gasteiger partial charge in [0.2, 0.25) is 5.91 Å². The Labute approximate surface area is 161 Å². The van der Waals surface area contributed by atoms with E-state index in [1.807, 2.05) is 33.8 Å². The summed E-state index contributed by atoms with van der Waals surface area (Å²) in [6.07, 6.45) is 3.52. The molecule has 0 unspecified atom stereocenters. The SMILES string of the molecule is CC1(C)C=C(C(=O)NCCNC(=O)c2ccccn2)C(C)(C)N1.Cl.Cl. The zero-order valence-electron chi connectivity index (χ0n) is 14.9. The molecular weight excluding hydrogens is 363 g/mol. The van der Waals surface area contributed by atoms with Crippen LogP contribution in [-0.4, -0.2) is 41.0 Å². The molecule has 1 aromatic heterocycles. The summed E-state index contributed by atoms with van der Waals surface area (Å²) in [6.45, 7) is 8.74. The number of carbonyl (C=O) groups excluding carboxylic acids is 2. The fourth-order valence-corrected chi connectivity index (χ4v) is 2.83. The van der Waals surface area contributed by atoms with E-state index < -0.39 is 0 Å². The molecule has 3 N–H and O–H groups in total. The number of aromatic nitrogens is 1. The normalized spacial score (nSPS) is 16.7. The third-order valence-corrected chi connectivity index (χ3v) is 3.65. The van der Waals surface area contributed by atoms with E-state index >= 15 is 0 Å². The molecule has 0 radical (unpaired) electrons. The smallest absolute Gasteiger partial charge is 0.269 e. The van der Waals surface area contributed by atoms with Crippen LogP contribution in [0.15, 0.2) is 36.0 Å². The van der Waals surface area contributed by atoms with Gasteiger partial charge in [0.1, 0.15) is 5.69 Å². The zero-order valence-corrected chi connectivity index (χ0v) is 16.5. The maximum absolute atomic E-state index is 12.3. The fourth-order valence-electron chi connectivity index (χ4n) is 2.83. The van der Waals surface area contributed by atoms with E-state index in [1.54, 1.807) is 24.4 Å². The van der Waals surface area contributed by atoms with Gasteiger partial charge in [0.25, 0.3) is 5.91 Å². The molecule has 2 heterocycles. The monoisotopic (exact) mass is 388 g/mol. The van der Waals surface area contributed by atoms with Gasteiger partial charge in [0, 0.05) is 35.9 Å². The van der Waals surface area contributed by atoms with Gasteiger partial charge >= 0.3 is 0 Å². The summed E-state index contributed by atoms with van der Waals surface area (Å²) in [5, 5.41) is 8.97. The number of rotatable bonds is 5. The largest absolute Gasteiger partial charge is 0.350 e. The van der Waals surface area contributed by atoms with Gasteiger partial charge in [-0.3, -0.25) is 19.9 Å². The van der Waals surface area contributed by atoms with E-state index in [1.165, 1.54) is 0 Å². The van der Waals surface area contributed by atoms with Crippen molar-refractivity contribution in [3.8, 4) is 0 Å². The second-order valence-electron chi connectivity index (χ2n) is 6.76. The molecule has 2 amide bonds. The van der Waals surface area contributed by atoms with Crippen molar-refractivity contribution in [2.24, 2.45) is 0 Å². The molecule has 6 nitrogen and oxygen atoms in total. The molecule has 25 heavy (non-hydrogen) atoms. The minimum absolute atomic E-state index is 0. The Hall–Kier alpha value is -1.63. The Balaban J connectivity index is 0.00000288. The molecule has 1 aliphatic rings. The van der Waals surface area contributed by atoms with Crippen LogP contribution in [0.25, 0.3) is 0 Å². The van der Waals surface area contributed by atoms with Crippen LogP contribution in [-0.2, 0) is 4.79 Å². The number of nitrogens with one attached hydrogen (secondary N) is 3. The summed E-state index contributed by atoms with van der Waals surface area (Å²) in [7, 11) is 0. The molecule has 0 saturated carbocycles. The second-order valence-corrected chi connectivity index (χ2v) is 6.76. The van der Waals surface area contributed by atoms with Crippen LogP contribution >= 0.6 is 24.8 Å². The molecule has 1 aromatic rings. The Morgan fingerprint density at radius 2 is 1.64 bits per heavy atom. The number of hydrogen-bond acceptors (Lipinski definition) is 4. The highest BCUT2D eigenvalue weighted by molar-refractivity contribution is 5.96. The van der Waals surface area contributed by atoms with E-state index in [9.17, 15) is 9.59 Å². The average Bonchev–Trinajstić information content (AvgIpc) is 2.71. The lowest BCUT2D eigenvalue weighted by Crippen LogP contribution is -2.48. The number of hydrogen-bond donors (Lipinski definition) is 3. The van der Waals surface area contributed by atoms with Gasteiger partial charge in [-0.25, -0.2) is 0 Å². The first-order chi connectivity index (χ1) is 10.7. The molecular formula is C17H26Cl2N4O2. The number of amides is 2. The van der Waals surface area contributed by atoms with E-state index in [2.05, 4.69) is 20.9 Å². The van der Waals surface area contributed by atoms with Gasteiger partial charge in [0.05, 0.1) is 0 Å². The summed E-state index contributed by atoms with van der Waals surface area (Å²) in [5.74, 6) is -0.358.